The summed E-state index contributed by atoms with van der Waals surface area (Å²) in [5.74, 6) is 0.102. The summed E-state index contributed by atoms with van der Waals surface area (Å²) in [5, 5.41) is 3.29. The van der Waals surface area contributed by atoms with Crippen LogP contribution in [0.25, 0.3) is 0 Å². The lowest BCUT2D eigenvalue weighted by Crippen LogP contribution is -2.50. The Morgan fingerprint density at radius 2 is 1.57 bits per heavy atom. The van der Waals surface area contributed by atoms with Crippen LogP contribution in [0.1, 0.15) is 59.9 Å². The van der Waals surface area contributed by atoms with Crippen molar-refractivity contribution in [1.82, 2.24) is 5.32 Å². The van der Waals surface area contributed by atoms with Gasteiger partial charge in [0.1, 0.15) is 0 Å². The van der Waals surface area contributed by atoms with Crippen molar-refractivity contribution in [2.45, 2.75) is 60.4 Å². The molecule has 122 valence electrons. The summed E-state index contributed by atoms with van der Waals surface area (Å²) in [6, 6.07) is 0.252. The van der Waals surface area contributed by atoms with Crippen LogP contribution >= 0.6 is 0 Å². The Morgan fingerprint density at radius 1 is 1.10 bits per heavy atom. The highest BCUT2D eigenvalue weighted by atomic mass is 16.2. The van der Waals surface area contributed by atoms with Crippen molar-refractivity contribution in [1.29, 1.82) is 0 Å². The smallest absolute Gasteiger partial charge is 0.249 e. The molecule has 0 bridgehead atoms. The Morgan fingerprint density at radius 3 is 1.90 bits per heavy atom. The van der Waals surface area contributed by atoms with Crippen LogP contribution < -0.4 is 21.1 Å². The zero-order valence-corrected chi connectivity index (χ0v) is 15.1. The molecule has 0 radical (unpaired) electrons. The highest BCUT2D eigenvalue weighted by Gasteiger charge is 2.30. The molecule has 21 heavy (non-hydrogen) atoms. The van der Waals surface area contributed by atoms with E-state index in [-0.39, 0.29) is 28.2 Å². The van der Waals surface area contributed by atoms with Gasteiger partial charge in [0.15, 0.2) is 0 Å². The predicted octanol–water partition coefficient (Wildman–Crippen LogP) is 2.50. The first-order valence-electron chi connectivity index (χ1n) is 7.82. The second-order valence-electron chi connectivity index (χ2n) is 6.66. The standard InChI is InChI=1S/C15H26N2O2.C2H6/c1-9(2)11-12(14(19)13(11)18)17(7)8-10(16-6)15(3,4)5;1-2/h9-10,16H,8H2,1-7H3;1-2H3. The third-order valence-electron chi connectivity index (χ3n) is 3.73. The maximum Gasteiger partial charge on any atom is 0.249 e. The van der Waals surface area contributed by atoms with Crippen molar-refractivity contribution in [3.63, 3.8) is 0 Å². The van der Waals surface area contributed by atoms with E-state index in [2.05, 4.69) is 26.1 Å². The Balaban J connectivity index is 0.00000191. The molecule has 1 rings (SSSR count). The number of hydrogen-bond acceptors (Lipinski definition) is 4. The van der Waals surface area contributed by atoms with Gasteiger partial charge < -0.3 is 10.2 Å². The molecule has 0 aliphatic rings. The van der Waals surface area contributed by atoms with E-state index in [1.165, 1.54) is 0 Å². The van der Waals surface area contributed by atoms with Crippen molar-refractivity contribution >= 4 is 5.69 Å². The van der Waals surface area contributed by atoms with Gasteiger partial charge in [0.05, 0.1) is 5.69 Å². The van der Waals surface area contributed by atoms with E-state index >= 15 is 0 Å². The van der Waals surface area contributed by atoms with Gasteiger partial charge in [-0.05, 0) is 18.4 Å². The van der Waals surface area contributed by atoms with Crippen LogP contribution in [0.15, 0.2) is 9.59 Å². The summed E-state index contributed by atoms with van der Waals surface area (Å²) < 4.78 is 0. The van der Waals surface area contributed by atoms with E-state index in [1.807, 2.05) is 46.7 Å². The SMILES string of the molecule is CC.CNC(CN(C)c1c(C(C)C)c(=O)c1=O)C(C)(C)C. The molecule has 0 heterocycles. The average molecular weight is 296 g/mol. The van der Waals surface area contributed by atoms with E-state index in [1.54, 1.807) is 0 Å². The van der Waals surface area contributed by atoms with Gasteiger partial charge in [0.25, 0.3) is 0 Å². The minimum Gasteiger partial charge on any atom is -0.369 e. The summed E-state index contributed by atoms with van der Waals surface area (Å²) in [7, 11) is 3.81. The second kappa shape index (κ2) is 7.74. The highest BCUT2D eigenvalue weighted by molar-refractivity contribution is 5.59. The number of anilines is 1. The van der Waals surface area contributed by atoms with Crippen molar-refractivity contribution in [3.8, 4) is 0 Å². The molecule has 0 aromatic heterocycles. The van der Waals surface area contributed by atoms with Gasteiger partial charge in [0, 0.05) is 25.2 Å². The van der Waals surface area contributed by atoms with Crippen LogP contribution in [0.2, 0.25) is 0 Å². The fraction of sp³-hybridized carbons (Fsp3) is 0.765. The van der Waals surface area contributed by atoms with Crippen LogP contribution in [0.4, 0.5) is 5.69 Å². The Hall–Kier alpha value is -1.16. The third-order valence-corrected chi connectivity index (χ3v) is 3.73. The summed E-state index contributed by atoms with van der Waals surface area (Å²) in [6.45, 7) is 15.1. The van der Waals surface area contributed by atoms with Crippen molar-refractivity contribution in [2.75, 3.05) is 25.5 Å². The lowest BCUT2D eigenvalue weighted by molar-refractivity contribution is 0.285. The molecule has 1 unspecified atom stereocenters. The van der Waals surface area contributed by atoms with E-state index in [4.69, 9.17) is 0 Å². The third kappa shape index (κ3) is 4.40. The van der Waals surface area contributed by atoms with E-state index in [0.29, 0.717) is 17.8 Å². The molecule has 0 spiro atoms. The van der Waals surface area contributed by atoms with Gasteiger partial charge in [-0.25, -0.2) is 0 Å². The normalized spacial score (nSPS) is 13.0. The molecular formula is C17H32N2O2. The van der Waals surface area contributed by atoms with Gasteiger partial charge in [-0.1, -0.05) is 48.5 Å². The molecule has 1 atom stereocenters. The number of nitrogens with one attached hydrogen (secondary N) is 1. The number of rotatable bonds is 5. The minimum absolute atomic E-state index is 0.0956. The molecule has 1 aromatic rings. The van der Waals surface area contributed by atoms with Crippen molar-refractivity contribution in [3.05, 3.63) is 26.0 Å². The van der Waals surface area contributed by atoms with Crippen LogP contribution in [-0.4, -0.2) is 26.7 Å². The molecule has 0 aliphatic carbocycles. The van der Waals surface area contributed by atoms with E-state index in [0.717, 1.165) is 0 Å². The maximum absolute atomic E-state index is 11.8. The fourth-order valence-electron chi connectivity index (χ4n) is 2.48. The van der Waals surface area contributed by atoms with Gasteiger partial charge in [0.2, 0.25) is 10.9 Å². The molecule has 1 aromatic carbocycles. The quantitative estimate of drug-likeness (QED) is 0.848. The monoisotopic (exact) mass is 296 g/mol. The largest absolute Gasteiger partial charge is 0.369 e. The predicted molar refractivity (Wildman–Crippen MR) is 92.4 cm³/mol. The van der Waals surface area contributed by atoms with Gasteiger partial charge in [-0.15, -0.1) is 0 Å². The Labute approximate surface area is 129 Å². The van der Waals surface area contributed by atoms with E-state index < -0.39 is 0 Å². The molecule has 1 N–H and O–H groups in total. The zero-order chi connectivity index (χ0) is 17.0. The molecule has 0 saturated heterocycles. The summed E-state index contributed by atoms with van der Waals surface area (Å²) in [4.78, 5) is 25.3. The zero-order valence-electron chi connectivity index (χ0n) is 15.1. The Bertz CT molecular complexity index is 505. The first kappa shape index (κ1) is 19.8. The number of hydrogen-bond donors (Lipinski definition) is 1. The first-order valence-corrected chi connectivity index (χ1v) is 7.82. The van der Waals surface area contributed by atoms with Crippen LogP contribution in [0.5, 0.6) is 0 Å². The van der Waals surface area contributed by atoms with Crippen LogP contribution in [0.3, 0.4) is 0 Å². The molecule has 4 heteroatoms. The van der Waals surface area contributed by atoms with Gasteiger partial charge in [-0.2, -0.15) is 0 Å². The molecule has 0 aliphatic heterocycles. The summed E-state index contributed by atoms with van der Waals surface area (Å²) in [5.41, 5.74) is 0.725. The minimum atomic E-state index is -0.338. The van der Waals surface area contributed by atoms with Gasteiger partial charge in [-0.3, -0.25) is 9.59 Å². The van der Waals surface area contributed by atoms with Crippen molar-refractivity contribution < 1.29 is 0 Å². The fourth-order valence-corrected chi connectivity index (χ4v) is 2.48. The number of likely N-dealkylation sites (N-methyl/N-ethyl adjacent to an activating group) is 2. The van der Waals surface area contributed by atoms with Crippen LogP contribution in [-0.2, 0) is 0 Å². The number of nitrogens with zero attached hydrogens (tertiary/aromatic N) is 1. The highest BCUT2D eigenvalue weighted by Crippen LogP contribution is 2.25. The van der Waals surface area contributed by atoms with E-state index in [9.17, 15) is 9.59 Å². The van der Waals surface area contributed by atoms with Crippen molar-refractivity contribution in [2.24, 2.45) is 5.41 Å². The first-order chi connectivity index (χ1) is 9.61. The molecule has 0 amide bonds. The Kier molecular flexibility index (Phi) is 7.31. The molecule has 0 fully saturated rings. The maximum atomic E-state index is 11.8. The summed E-state index contributed by atoms with van der Waals surface area (Å²) in [6.07, 6.45) is 0. The lowest BCUT2D eigenvalue weighted by atomic mass is 9.86. The lowest BCUT2D eigenvalue weighted by Gasteiger charge is -2.35. The summed E-state index contributed by atoms with van der Waals surface area (Å²) >= 11 is 0. The van der Waals surface area contributed by atoms with Crippen LogP contribution in [0, 0.1) is 5.41 Å². The average Bonchev–Trinajstić information content (AvgIpc) is 2.40. The molecular weight excluding hydrogens is 264 g/mol. The molecule has 0 saturated carbocycles. The topological polar surface area (TPSA) is 49.4 Å². The van der Waals surface area contributed by atoms with Gasteiger partial charge >= 0.3 is 0 Å². The second-order valence-corrected chi connectivity index (χ2v) is 6.66. The molecule has 4 nitrogen and oxygen atoms in total.